The van der Waals surface area contributed by atoms with E-state index >= 15 is 0 Å². The number of halogens is 1. The number of nitrogens with one attached hydrogen (secondary N) is 1. The molecule has 5 nitrogen and oxygen atoms in total. The van der Waals surface area contributed by atoms with E-state index in [2.05, 4.69) is 10.3 Å². The van der Waals surface area contributed by atoms with Gasteiger partial charge in [-0.2, -0.15) is 0 Å². The molecule has 1 saturated heterocycles. The van der Waals surface area contributed by atoms with Crippen molar-refractivity contribution in [1.82, 2.24) is 10.3 Å². The fourth-order valence-corrected chi connectivity index (χ4v) is 1.68. The Labute approximate surface area is 91.9 Å². The van der Waals surface area contributed by atoms with Crippen LogP contribution in [-0.4, -0.2) is 42.2 Å². The second kappa shape index (κ2) is 4.44. The average molecular weight is 225 g/mol. The molecule has 1 aliphatic rings. The lowest BCUT2D eigenvalue weighted by molar-refractivity contribution is 0.0685. The lowest BCUT2D eigenvalue weighted by Gasteiger charge is -2.29. The predicted molar refractivity (Wildman–Crippen MR) is 56.2 cm³/mol. The summed E-state index contributed by atoms with van der Waals surface area (Å²) in [7, 11) is 0. The van der Waals surface area contributed by atoms with E-state index in [4.69, 9.17) is 5.11 Å². The molecule has 0 aliphatic carbocycles. The van der Waals surface area contributed by atoms with Crippen LogP contribution in [-0.2, 0) is 0 Å². The zero-order chi connectivity index (χ0) is 11.5. The number of aromatic nitrogens is 1. The first kappa shape index (κ1) is 10.8. The van der Waals surface area contributed by atoms with Crippen LogP contribution in [0.3, 0.4) is 0 Å². The Balaban J connectivity index is 2.23. The summed E-state index contributed by atoms with van der Waals surface area (Å²) < 4.78 is 13.4. The molecule has 1 aromatic rings. The molecule has 1 aliphatic heterocycles. The maximum Gasteiger partial charge on any atom is 0.357 e. The second-order valence-corrected chi connectivity index (χ2v) is 3.57. The Hall–Kier alpha value is -1.69. The van der Waals surface area contributed by atoms with E-state index in [1.165, 1.54) is 12.3 Å². The van der Waals surface area contributed by atoms with E-state index in [0.717, 1.165) is 26.2 Å². The average Bonchev–Trinajstić information content (AvgIpc) is 2.29. The molecule has 0 atom stereocenters. The molecule has 0 aromatic carbocycles. The molecule has 0 unspecified atom stereocenters. The van der Waals surface area contributed by atoms with Crippen LogP contribution in [0, 0.1) is 5.82 Å². The lowest BCUT2D eigenvalue weighted by atomic mass is 10.2. The van der Waals surface area contributed by atoms with E-state index in [1.807, 2.05) is 4.90 Å². The van der Waals surface area contributed by atoms with Gasteiger partial charge in [-0.3, -0.25) is 0 Å². The van der Waals surface area contributed by atoms with Crippen LogP contribution >= 0.6 is 0 Å². The molecule has 0 radical (unpaired) electrons. The van der Waals surface area contributed by atoms with Crippen LogP contribution in [0.2, 0.25) is 0 Å². The first-order valence-corrected chi connectivity index (χ1v) is 5.03. The lowest BCUT2D eigenvalue weighted by Crippen LogP contribution is -2.43. The summed E-state index contributed by atoms with van der Waals surface area (Å²) in [5.74, 6) is -2.13. The fraction of sp³-hybridized carbons (Fsp3) is 0.400. The number of hydrogen-bond acceptors (Lipinski definition) is 4. The van der Waals surface area contributed by atoms with Crippen molar-refractivity contribution in [3.05, 3.63) is 23.8 Å². The van der Waals surface area contributed by atoms with Crippen LogP contribution in [0.5, 0.6) is 0 Å². The van der Waals surface area contributed by atoms with Crippen molar-refractivity contribution < 1.29 is 14.3 Å². The van der Waals surface area contributed by atoms with Gasteiger partial charge in [-0.05, 0) is 0 Å². The SMILES string of the molecule is O=C(O)c1ncc(N2CCNCC2)cc1F. The van der Waals surface area contributed by atoms with Crippen molar-refractivity contribution in [2.24, 2.45) is 0 Å². The Morgan fingerprint density at radius 2 is 2.19 bits per heavy atom. The number of carboxylic acid groups (broad SMARTS) is 1. The van der Waals surface area contributed by atoms with Gasteiger partial charge in [0.1, 0.15) is 0 Å². The normalized spacial score (nSPS) is 16.2. The van der Waals surface area contributed by atoms with Crippen molar-refractivity contribution in [3.8, 4) is 0 Å². The second-order valence-electron chi connectivity index (χ2n) is 3.57. The minimum Gasteiger partial charge on any atom is -0.476 e. The van der Waals surface area contributed by atoms with Crippen LogP contribution in [0.15, 0.2) is 12.3 Å². The molecule has 0 amide bonds. The van der Waals surface area contributed by atoms with E-state index in [-0.39, 0.29) is 0 Å². The standard InChI is InChI=1S/C10H12FN3O2/c11-8-5-7(6-13-9(8)10(15)16)14-3-1-12-2-4-14/h5-6,12H,1-4H2,(H,15,16). The van der Waals surface area contributed by atoms with Crippen LogP contribution in [0.25, 0.3) is 0 Å². The molecule has 0 saturated carbocycles. The van der Waals surface area contributed by atoms with Gasteiger partial charge in [-0.25, -0.2) is 14.2 Å². The van der Waals surface area contributed by atoms with Gasteiger partial charge >= 0.3 is 5.97 Å². The summed E-state index contributed by atoms with van der Waals surface area (Å²) in [4.78, 5) is 16.2. The molecule has 2 heterocycles. The number of piperazine rings is 1. The zero-order valence-corrected chi connectivity index (χ0v) is 8.61. The summed E-state index contributed by atoms with van der Waals surface area (Å²) in [6.07, 6.45) is 1.40. The van der Waals surface area contributed by atoms with Gasteiger partial charge in [0.25, 0.3) is 0 Å². The highest BCUT2D eigenvalue weighted by molar-refractivity contribution is 5.85. The van der Waals surface area contributed by atoms with Crippen molar-refractivity contribution in [2.75, 3.05) is 31.1 Å². The molecular formula is C10H12FN3O2. The molecule has 16 heavy (non-hydrogen) atoms. The number of carbonyl (C=O) groups is 1. The summed E-state index contributed by atoms with van der Waals surface area (Å²) >= 11 is 0. The molecule has 2 N–H and O–H groups in total. The highest BCUT2D eigenvalue weighted by Crippen LogP contribution is 2.16. The van der Waals surface area contributed by atoms with Gasteiger partial charge < -0.3 is 15.3 Å². The van der Waals surface area contributed by atoms with Crippen LogP contribution in [0.4, 0.5) is 10.1 Å². The maximum atomic E-state index is 13.4. The van der Waals surface area contributed by atoms with Crippen molar-refractivity contribution >= 4 is 11.7 Å². The number of carboxylic acids is 1. The first-order chi connectivity index (χ1) is 7.68. The highest BCUT2D eigenvalue weighted by Gasteiger charge is 2.16. The molecule has 0 spiro atoms. The van der Waals surface area contributed by atoms with Gasteiger partial charge in [-0.1, -0.05) is 0 Å². The third-order valence-corrected chi connectivity index (χ3v) is 2.51. The zero-order valence-electron chi connectivity index (χ0n) is 8.61. The molecule has 1 aromatic heterocycles. The molecule has 0 bridgehead atoms. The van der Waals surface area contributed by atoms with Gasteiger partial charge in [0, 0.05) is 32.2 Å². The number of hydrogen-bond donors (Lipinski definition) is 2. The van der Waals surface area contributed by atoms with E-state index < -0.39 is 17.5 Å². The topological polar surface area (TPSA) is 65.5 Å². The first-order valence-electron chi connectivity index (χ1n) is 5.03. The quantitative estimate of drug-likeness (QED) is 0.759. The Morgan fingerprint density at radius 1 is 1.50 bits per heavy atom. The Morgan fingerprint density at radius 3 is 2.75 bits per heavy atom. The summed E-state index contributed by atoms with van der Waals surface area (Å²) in [6, 6.07) is 1.22. The maximum absolute atomic E-state index is 13.4. The van der Waals surface area contributed by atoms with Crippen LogP contribution < -0.4 is 10.2 Å². The van der Waals surface area contributed by atoms with E-state index in [1.54, 1.807) is 0 Å². The molecule has 86 valence electrons. The number of anilines is 1. The number of aromatic carboxylic acids is 1. The van der Waals surface area contributed by atoms with Crippen LogP contribution in [0.1, 0.15) is 10.5 Å². The minimum atomic E-state index is -1.34. The number of rotatable bonds is 2. The molecule has 1 fully saturated rings. The van der Waals surface area contributed by atoms with E-state index in [0.29, 0.717) is 5.69 Å². The summed E-state index contributed by atoms with van der Waals surface area (Å²) in [6.45, 7) is 3.21. The Bertz CT molecular complexity index is 405. The number of nitrogens with zero attached hydrogens (tertiary/aromatic N) is 2. The highest BCUT2D eigenvalue weighted by atomic mass is 19.1. The minimum absolute atomic E-state index is 0.529. The monoisotopic (exact) mass is 225 g/mol. The molecule has 2 rings (SSSR count). The predicted octanol–water partition coefficient (Wildman–Crippen LogP) is 0.329. The summed E-state index contributed by atoms with van der Waals surface area (Å²) in [5, 5.41) is 11.8. The van der Waals surface area contributed by atoms with Gasteiger partial charge in [-0.15, -0.1) is 0 Å². The number of pyridine rings is 1. The Kier molecular flexibility index (Phi) is 3.00. The molecular weight excluding hydrogens is 213 g/mol. The third kappa shape index (κ3) is 2.11. The molecule has 6 heteroatoms. The van der Waals surface area contributed by atoms with Gasteiger partial charge in [0.15, 0.2) is 11.5 Å². The van der Waals surface area contributed by atoms with Gasteiger partial charge in [0.2, 0.25) is 0 Å². The fourth-order valence-electron chi connectivity index (χ4n) is 1.68. The largest absolute Gasteiger partial charge is 0.476 e. The van der Waals surface area contributed by atoms with Crippen molar-refractivity contribution in [1.29, 1.82) is 0 Å². The summed E-state index contributed by atoms with van der Waals surface area (Å²) in [5.41, 5.74) is 0.0999. The van der Waals surface area contributed by atoms with Gasteiger partial charge in [0.05, 0.1) is 11.9 Å². The van der Waals surface area contributed by atoms with Crippen molar-refractivity contribution in [3.63, 3.8) is 0 Å². The smallest absolute Gasteiger partial charge is 0.357 e. The van der Waals surface area contributed by atoms with E-state index in [9.17, 15) is 9.18 Å². The van der Waals surface area contributed by atoms with Crippen molar-refractivity contribution in [2.45, 2.75) is 0 Å². The third-order valence-electron chi connectivity index (χ3n) is 2.51.